The molecule has 0 unspecified atom stereocenters. The fourth-order valence-electron chi connectivity index (χ4n) is 0.868. The molecule has 0 spiro atoms. The molecule has 72 valence electrons. The molecule has 2 N–H and O–H groups in total. The maximum atomic E-state index is 10.5. The van der Waals surface area contributed by atoms with Gasteiger partial charge in [0.05, 0.1) is 0 Å². The lowest BCUT2D eigenvalue weighted by Crippen LogP contribution is -2.28. The standard InChI is InChI=1S/C9H20N2O/c1-3-5-10-7-8-11-6-4-9(2)12/h10-11H,3-8H2,1-2H3. The van der Waals surface area contributed by atoms with Gasteiger partial charge in [-0.2, -0.15) is 0 Å². The van der Waals surface area contributed by atoms with Gasteiger partial charge < -0.3 is 10.6 Å². The lowest BCUT2D eigenvalue weighted by atomic mass is 10.3. The minimum atomic E-state index is 0.254. The number of hydrogen-bond donors (Lipinski definition) is 2. The van der Waals surface area contributed by atoms with Gasteiger partial charge in [0.25, 0.3) is 0 Å². The summed E-state index contributed by atoms with van der Waals surface area (Å²) in [7, 11) is 0. The van der Waals surface area contributed by atoms with E-state index in [0.29, 0.717) is 6.42 Å². The molecule has 0 bridgehead atoms. The average Bonchev–Trinajstić information content (AvgIpc) is 2.02. The van der Waals surface area contributed by atoms with Crippen LogP contribution in [-0.4, -0.2) is 32.0 Å². The van der Waals surface area contributed by atoms with E-state index in [1.807, 2.05) is 0 Å². The maximum Gasteiger partial charge on any atom is 0.131 e. The van der Waals surface area contributed by atoms with Crippen molar-refractivity contribution in [2.75, 3.05) is 26.2 Å². The molecule has 0 aliphatic carbocycles. The molecule has 0 heterocycles. The number of rotatable bonds is 8. The Morgan fingerprint density at radius 3 is 2.17 bits per heavy atom. The number of Topliss-reactive ketones (excluding diaryl/α,β-unsaturated/α-hetero) is 1. The summed E-state index contributed by atoms with van der Waals surface area (Å²) in [5, 5.41) is 6.47. The average molecular weight is 172 g/mol. The maximum absolute atomic E-state index is 10.5. The van der Waals surface area contributed by atoms with Crippen molar-refractivity contribution in [1.82, 2.24) is 10.6 Å². The molecule has 0 aliphatic heterocycles. The first-order valence-electron chi connectivity index (χ1n) is 4.68. The zero-order valence-electron chi connectivity index (χ0n) is 8.15. The van der Waals surface area contributed by atoms with E-state index in [-0.39, 0.29) is 5.78 Å². The Morgan fingerprint density at radius 2 is 1.67 bits per heavy atom. The Hall–Kier alpha value is -0.410. The highest BCUT2D eigenvalue weighted by Gasteiger charge is 1.91. The molecule has 0 atom stereocenters. The fraction of sp³-hybridized carbons (Fsp3) is 0.889. The predicted molar refractivity (Wildman–Crippen MR) is 51.3 cm³/mol. The Kier molecular flexibility index (Phi) is 8.39. The molecule has 0 aromatic carbocycles. The highest BCUT2D eigenvalue weighted by molar-refractivity contribution is 5.75. The summed E-state index contributed by atoms with van der Waals surface area (Å²) in [6, 6.07) is 0. The first-order chi connectivity index (χ1) is 5.77. The SMILES string of the molecule is CCCNCCNCCC(C)=O. The summed E-state index contributed by atoms with van der Waals surface area (Å²) in [6.45, 7) is 7.60. The van der Waals surface area contributed by atoms with E-state index in [4.69, 9.17) is 0 Å². The van der Waals surface area contributed by atoms with Crippen molar-refractivity contribution in [3.63, 3.8) is 0 Å². The molecule has 0 aromatic rings. The summed E-state index contributed by atoms with van der Waals surface area (Å²) < 4.78 is 0. The molecule has 0 aromatic heterocycles. The van der Waals surface area contributed by atoms with Crippen LogP contribution in [-0.2, 0) is 4.79 Å². The lowest BCUT2D eigenvalue weighted by molar-refractivity contribution is -0.116. The van der Waals surface area contributed by atoms with Crippen LogP contribution in [0.3, 0.4) is 0 Å². The van der Waals surface area contributed by atoms with Gasteiger partial charge in [-0.05, 0) is 19.9 Å². The van der Waals surface area contributed by atoms with Gasteiger partial charge in [0, 0.05) is 26.1 Å². The zero-order valence-corrected chi connectivity index (χ0v) is 8.15. The minimum absolute atomic E-state index is 0.254. The molecule has 3 nitrogen and oxygen atoms in total. The van der Waals surface area contributed by atoms with E-state index in [2.05, 4.69) is 17.6 Å². The first-order valence-corrected chi connectivity index (χ1v) is 4.68. The second kappa shape index (κ2) is 8.68. The highest BCUT2D eigenvalue weighted by Crippen LogP contribution is 1.76. The van der Waals surface area contributed by atoms with Crippen LogP contribution in [0, 0.1) is 0 Å². The third kappa shape index (κ3) is 9.59. The lowest BCUT2D eigenvalue weighted by Gasteiger charge is -2.03. The van der Waals surface area contributed by atoms with E-state index < -0.39 is 0 Å². The first kappa shape index (κ1) is 11.6. The topological polar surface area (TPSA) is 41.1 Å². The van der Waals surface area contributed by atoms with Crippen molar-refractivity contribution in [2.45, 2.75) is 26.7 Å². The largest absolute Gasteiger partial charge is 0.315 e. The minimum Gasteiger partial charge on any atom is -0.315 e. The molecule has 0 saturated heterocycles. The zero-order chi connectivity index (χ0) is 9.23. The van der Waals surface area contributed by atoms with Crippen LogP contribution >= 0.6 is 0 Å². The summed E-state index contributed by atoms with van der Waals surface area (Å²) in [4.78, 5) is 10.5. The Balaban J connectivity index is 2.86. The predicted octanol–water partition coefficient (Wildman–Crippen LogP) is 0.555. The molecule has 0 amide bonds. The van der Waals surface area contributed by atoms with Gasteiger partial charge in [-0.1, -0.05) is 6.92 Å². The quantitative estimate of drug-likeness (QED) is 0.525. The van der Waals surface area contributed by atoms with Gasteiger partial charge >= 0.3 is 0 Å². The molecule has 12 heavy (non-hydrogen) atoms. The smallest absolute Gasteiger partial charge is 0.131 e. The van der Waals surface area contributed by atoms with Crippen molar-refractivity contribution in [3.8, 4) is 0 Å². The number of nitrogens with one attached hydrogen (secondary N) is 2. The van der Waals surface area contributed by atoms with Crippen LogP contribution < -0.4 is 10.6 Å². The van der Waals surface area contributed by atoms with Gasteiger partial charge in [-0.3, -0.25) is 4.79 Å². The van der Waals surface area contributed by atoms with Gasteiger partial charge in [0.1, 0.15) is 5.78 Å². The van der Waals surface area contributed by atoms with Crippen LogP contribution in [0.25, 0.3) is 0 Å². The van der Waals surface area contributed by atoms with Gasteiger partial charge in [-0.15, -0.1) is 0 Å². The summed E-state index contributed by atoms with van der Waals surface area (Å²) in [6.07, 6.45) is 1.82. The number of carbonyl (C=O) groups is 1. The second-order valence-electron chi connectivity index (χ2n) is 2.95. The Bertz CT molecular complexity index is 115. The van der Waals surface area contributed by atoms with E-state index in [0.717, 1.165) is 26.2 Å². The molecule has 0 radical (unpaired) electrons. The second-order valence-corrected chi connectivity index (χ2v) is 2.95. The van der Waals surface area contributed by atoms with Crippen molar-refractivity contribution >= 4 is 5.78 Å². The van der Waals surface area contributed by atoms with Crippen molar-refractivity contribution in [2.24, 2.45) is 0 Å². The highest BCUT2D eigenvalue weighted by atomic mass is 16.1. The summed E-state index contributed by atoms with van der Waals surface area (Å²) >= 11 is 0. The molecular weight excluding hydrogens is 152 g/mol. The number of carbonyl (C=O) groups excluding carboxylic acids is 1. The van der Waals surface area contributed by atoms with Gasteiger partial charge in [0.2, 0.25) is 0 Å². The van der Waals surface area contributed by atoms with Crippen LogP contribution in [0.1, 0.15) is 26.7 Å². The van der Waals surface area contributed by atoms with Gasteiger partial charge in [0.15, 0.2) is 0 Å². The van der Waals surface area contributed by atoms with Crippen LogP contribution in [0.2, 0.25) is 0 Å². The van der Waals surface area contributed by atoms with Crippen molar-refractivity contribution in [3.05, 3.63) is 0 Å². The van der Waals surface area contributed by atoms with Crippen LogP contribution in [0.15, 0.2) is 0 Å². The third-order valence-corrected chi connectivity index (χ3v) is 1.56. The molecule has 0 aliphatic rings. The molecule has 0 rings (SSSR count). The Labute approximate surface area is 74.9 Å². The number of hydrogen-bond acceptors (Lipinski definition) is 3. The summed E-state index contributed by atoms with van der Waals surface area (Å²) in [5.74, 6) is 0.254. The van der Waals surface area contributed by atoms with Crippen LogP contribution in [0.5, 0.6) is 0 Å². The van der Waals surface area contributed by atoms with Crippen molar-refractivity contribution in [1.29, 1.82) is 0 Å². The van der Waals surface area contributed by atoms with Gasteiger partial charge in [-0.25, -0.2) is 0 Å². The third-order valence-electron chi connectivity index (χ3n) is 1.56. The fourth-order valence-corrected chi connectivity index (χ4v) is 0.868. The van der Waals surface area contributed by atoms with E-state index in [1.165, 1.54) is 6.42 Å². The molecule has 3 heteroatoms. The van der Waals surface area contributed by atoms with E-state index in [1.54, 1.807) is 6.92 Å². The normalized spacial score (nSPS) is 10.2. The molecule has 0 fully saturated rings. The summed E-state index contributed by atoms with van der Waals surface area (Å²) in [5.41, 5.74) is 0. The van der Waals surface area contributed by atoms with E-state index >= 15 is 0 Å². The van der Waals surface area contributed by atoms with E-state index in [9.17, 15) is 4.79 Å². The molecular formula is C9H20N2O. The van der Waals surface area contributed by atoms with Crippen molar-refractivity contribution < 1.29 is 4.79 Å². The molecule has 0 saturated carbocycles. The number of ketones is 1. The monoisotopic (exact) mass is 172 g/mol. The van der Waals surface area contributed by atoms with Crippen LogP contribution in [0.4, 0.5) is 0 Å². The Morgan fingerprint density at radius 1 is 1.08 bits per heavy atom.